The van der Waals surface area contributed by atoms with Crippen LogP contribution in [0.3, 0.4) is 0 Å². The molecule has 21 heavy (non-hydrogen) atoms. The van der Waals surface area contributed by atoms with Gasteiger partial charge in [0.15, 0.2) is 0 Å². The molecule has 0 fully saturated rings. The lowest BCUT2D eigenvalue weighted by Crippen LogP contribution is -1.94. The van der Waals surface area contributed by atoms with Gasteiger partial charge in [0.05, 0.1) is 0 Å². The van der Waals surface area contributed by atoms with Crippen molar-refractivity contribution in [2.75, 3.05) is 11.1 Å². The summed E-state index contributed by atoms with van der Waals surface area (Å²) in [4.78, 5) is 0. The molecule has 3 rings (SSSR count). The lowest BCUT2D eigenvalue weighted by molar-refractivity contribution is 1.43. The van der Waals surface area contributed by atoms with Crippen molar-refractivity contribution in [3.63, 3.8) is 0 Å². The van der Waals surface area contributed by atoms with Crippen LogP contribution in [0.5, 0.6) is 0 Å². The number of nitrogens with two attached hydrogens (primary N) is 1. The van der Waals surface area contributed by atoms with Crippen molar-refractivity contribution in [3.05, 3.63) is 78.4 Å². The summed E-state index contributed by atoms with van der Waals surface area (Å²) in [5.41, 5.74) is 12.3. The first-order chi connectivity index (χ1) is 10.2. The van der Waals surface area contributed by atoms with Gasteiger partial charge < -0.3 is 11.1 Å². The molecular formula is C19H18N2. The van der Waals surface area contributed by atoms with Crippen LogP contribution in [0.25, 0.3) is 11.1 Å². The minimum absolute atomic E-state index is 0.789. The molecule has 0 radical (unpaired) electrons. The van der Waals surface area contributed by atoms with Crippen LogP contribution in [0.2, 0.25) is 0 Å². The Bertz CT molecular complexity index is 731. The SMILES string of the molecule is Cc1cc(N)ccc1Nc1ccc(-c2ccccc2)cc1. The Kier molecular flexibility index (Phi) is 3.61. The molecule has 2 heteroatoms. The molecule has 3 N–H and O–H groups in total. The number of benzene rings is 3. The van der Waals surface area contributed by atoms with Gasteiger partial charge in [-0.1, -0.05) is 42.5 Å². The van der Waals surface area contributed by atoms with Gasteiger partial charge in [-0.3, -0.25) is 0 Å². The third kappa shape index (κ3) is 3.06. The fourth-order valence-corrected chi connectivity index (χ4v) is 2.36. The molecule has 0 bridgehead atoms. The maximum atomic E-state index is 5.78. The van der Waals surface area contributed by atoms with Gasteiger partial charge in [0.1, 0.15) is 0 Å². The highest BCUT2D eigenvalue weighted by atomic mass is 14.9. The zero-order chi connectivity index (χ0) is 14.7. The molecule has 0 aliphatic rings. The van der Waals surface area contributed by atoms with E-state index in [9.17, 15) is 0 Å². The summed E-state index contributed by atoms with van der Waals surface area (Å²) in [6, 6.07) is 24.7. The highest BCUT2D eigenvalue weighted by molar-refractivity contribution is 5.70. The zero-order valence-electron chi connectivity index (χ0n) is 12.0. The third-order valence-corrected chi connectivity index (χ3v) is 3.52. The topological polar surface area (TPSA) is 38.0 Å². The molecule has 3 aromatic carbocycles. The van der Waals surface area contributed by atoms with Gasteiger partial charge in [-0.2, -0.15) is 0 Å². The number of hydrogen-bond donors (Lipinski definition) is 2. The molecule has 0 heterocycles. The Morgan fingerprint density at radius 2 is 1.43 bits per heavy atom. The predicted molar refractivity (Wildman–Crippen MR) is 90.8 cm³/mol. The normalized spacial score (nSPS) is 10.3. The van der Waals surface area contributed by atoms with Crippen LogP contribution in [-0.4, -0.2) is 0 Å². The van der Waals surface area contributed by atoms with E-state index in [2.05, 4.69) is 60.8 Å². The maximum Gasteiger partial charge on any atom is 0.0415 e. The van der Waals surface area contributed by atoms with E-state index < -0.39 is 0 Å². The van der Waals surface area contributed by atoms with Crippen LogP contribution in [0.15, 0.2) is 72.8 Å². The summed E-state index contributed by atoms with van der Waals surface area (Å²) in [7, 11) is 0. The molecule has 2 nitrogen and oxygen atoms in total. The summed E-state index contributed by atoms with van der Waals surface area (Å²) in [6.07, 6.45) is 0. The number of anilines is 3. The van der Waals surface area contributed by atoms with E-state index in [0.717, 1.165) is 22.6 Å². The molecule has 0 atom stereocenters. The summed E-state index contributed by atoms with van der Waals surface area (Å²) in [5, 5.41) is 3.42. The lowest BCUT2D eigenvalue weighted by Gasteiger charge is -2.11. The Balaban J connectivity index is 1.81. The number of rotatable bonds is 3. The monoisotopic (exact) mass is 274 g/mol. The highest BCUT2D eigenvalue weighted by Gasteiger charge is 2.01. The Hall–Kier alpha value is -2.74. The van der Waals surface area contributed by atoms with Crippen molar-refractivity contribution in [3.8, 4) is 11.1 Å². The number of hydrogen-bond acceptors (Lipinski definition) is 2. The van der Waals surface area contributed by atoms with Crippen molar-refractivity contribution in [2.24, 2.45) is 0 Å². The predicted octanol–water partition coefficient (Wildman–Crippen LogP) is 4.99. The Morgan fingerprint density at radius 1 is 0.762 bits per heavy atom. The molecule has 0 aliphatic carbocycles. The van der Waals surface area contributed by atoms with E-state index in [4.69, 9.17) is 5.73 Å². The first kappa shape index (κ1) is 13.3. The molecular weight excluding hydrogens is 256 g/mol. The highest BCUT2D eigenvalue weighted by Crippen LogP contribution is 2.25. The van der Waals surface area contributed by atoms with Gasteiger partial charge in [0.25, 0.3) is 0 Å². The average Bonchev–Trinajstić information content (AvgIpc) is 2.52. The summed E-state index contributed by atoms with van der Waals surface area (Å²) in [5.74, 6) is 0. The van der Waals surface area contributed by atoms with Gasteiger partial charge in [-0.05, 0) is 53.9 Å². The van der Waals surface area contributed by atoms with Crippen LogP contribution >= 0.6 is 0 Å². The molecule has 0 saturated heterocycles. The van der Waals surface area contributed by atoms with Crippen molar-refractivity contribution < 1.29 is 0 Å². The van der Waals surface area contributed by atoms with Crippen molar-refractivity contribution in [2.45, 2.75) is 6.92 Å². The molecule has 0 unspecified atom stereocenters. The maximum absolute atomic E-state index is 5.78. The van der Waals surface area contributed by atoms with Crippen LogP contribution in [0.4, 0.5) is 17.1 Å². The first-order valence-electron chi connectivity index (χ1n) is 7.01. The second-order valence-corrected chi connectivity index (χ2v) is 5.14. The van der Waals surface area contributed by atoms with Gasteiger partial charge in [-0.15, -0.1) is 0 Å². The Labute approximate surface area is 125 Å². The van der Waals surface area contributed by atoms with Crippen LogP contribution in [0, 0.1) is 6.92 Å². The fourth-order valence-electron chi connectivity index (χ4n) is 2.36. The van der Waals surface area contributed by atoms with Gasteiger partial charge >= 0.3 is 0 Å². The average molecular weight is 274 g/mol. The largest absolute Gasteiger partial charge is 0.399 e. The standard InChI is InChI=1S/C19H18N2/c1-14-13-17(20)9-12-19(14)21-18-10-7-16(8-11-18)15-5-3-2-4-6-15/h2-13,21H,20H2,1H3. The number of aryl methyl sites for hydroxylation is 1. The van der Waals surface area contributed by atoms with E-state index in [1.165, 1.54) is 11.1 Å². The number of nitrogens with one attached hydrogen (secondary N) is 1. The Morgan fingerprint density at radius 3 is 2.10 bits per heavy atom. The van der Waals surface area contributed by atoms with Crippen molar-refractivity contribution >= 4 is 17.1 Å². The van der Waals surface area contributed by atoms with E-state index >= 15 is 0 Å². The lowest BCUT2D eigenvalue weighted by atomic mass is 10.1. The van der Waals surface area contributed by atoms with E-state index in [1.54, 1.807) is 0 Å². The zero-order valence-corrected chi connectivity index (χ0v) is 12.0. The van der Waals surface area contributed by atoms with Crippen LogP contribution in [-0.2, 0) is 0 Å². The number of nitrogen functional groups attached to an aromatic ring is 1. The minimum atomic E-state index is 0.789. The van der Waals surface area contributed by atoms with Crippen LogP contribution < -0.4 is 11.1 Å². The summed E-state index contributed by atoms with van der Waals surface area (Å²) < 4.78 is 0. The molecule has 3 aromatic rings. The molecule has 0 aliphatic heterocycles. The van der Waals surface area contributed by atoms with Crippen molar-refractivity contribution in [1.82, 2.24) is 0 Å². The molecule has 104 valence electrons. The molecule has 0 spiro atoms. The third-order valence-electron chi connectivity index (χ3n) is 3.52. The van der Waals surface area contributed by atoms with Gasteiger partial charge in [0.2, 0.25) is 0 Å². The quantitative estimate of drug-likeness (QED) is 0.660. The molecule has 0 amide bonds. The summed E-state index contributed by atoms with van der Waals surface area (Å²) >= 11 is 0. The van der Waals surface area contributed by atoms with E-state index in [-0.39, 0.29) is 0 Å². The minimum Gasteiger partial charge on any atom is -0.399 e. The second kappa shape index (κ2) is 5.71. The van der Waals surface area contributed by atoms with Crippen molar-refractivity contribution in [1.29, 1.82) is 0 Å². The second-order valence-electron chi connectivity index (χ2n) is 5.14. The van der Waals surface area contributed by atoms with Gasteiger partial charge in [-0.25, -0.2) is 0 Å². The first-order valence-corrected chi connectivity index (χ1v) is 7.01. The van der Waals surface area contributed by atoms with Gasteiger partial charge in [0, 0.05) is 17.1 Å². The van der Waals surface area contributed by atoms with Crippen LogP contribution in [0.1, 0.15) is 5.56 Å². The van der Waals surface area contributed by atoms with E-state index in [1.807, 2.05) is 24.3 Å². The van der Waals surface area contributed by atoms with E-state index in [0.29, 0.717) is 0 Å². The molecule has 0 aromatic heterocycles. The molecule has 0 saturated carbocycles. The summed E-state index contributed by atoms with van der Waals surface area (Å²) in [6.45, 7) is 2.05. The fraction of sp³-hybridized carbons (Fsp3) is 0.0526. The smallest absolute Gasteiger partial charge is 0.0415 e.